The molecule has 2 atom stereocenters. The van der Waals surface area contributed by atoms with Gasteiger partial charge in [-0.15, -0.1) is 0 Å². The Morgan fingerprint density at radius 3 is 0.973 bits per heavy atom. The monoisotopic (exact) mass is 1030 g/mol. The number of esters is 1. The highest BCUT2D eigenvalue weighted by Crippen LogP contribution is 2.18. The molecule has 0 aliphatic rings. The van der Waals surface area contributed by atoms with Crippen molar-refractivity contribution < 1.29 is 24.5 Å². The van der Waals surface area contributed by atoms with Crippen molar-refractivity contribution in [2.75, 3.05) is 13.2 Å². The Kier molecular flexibility index (Phi) is 61.4. The van der Waals surface area contributed by atoms with Gasteiger partial charge >= 0.3 is 5.97 Å². The molecule has 0 aromatic rings. The predicted octanol–water partition coefficient (Wildman–Crippen LogP) is 21.0. The summed E-state index contributed by atoms with van der Waals surface area (Å²) in [7, 11) is 0. The van der Waals surface area contributed by atoms with Gasteiger partial charge in [0.05, 0.1) is 25.4 Å². The van der Waals surface area contributed by atoms with Crippen LogP contribution in [0.15, 0.2) is 24.3 Å². The van der Waals surface area contributed by atoms with Crippen LogP contribution in [0, 0.1) is 0 Å². The zero-order valence-electron chi connectivity index (χ0n) is 49.4. The Balaban J connectivity index is 3.33. The van der Waals surface area contributed by atoms with Gasteiger partial charge in [-0.05, 0) is 77.0 Å². The lowest BCUT2D eigenvalue weighted by Crippen LogP contribution is -2.45. The summed E-state index contributed by atoms with van der Waals surface area (Å²) >= 11 is 0. The highest BCUT2D eigenvalue weighted by Gasteiger charge is 2.20. The predicted molar refractivity (Wildman–Crippen MR) is 320 cm³/mol. The Bertz CT molecular complexity index is 1140. The van der Waals surface area contributed by atoms with E-state index in [0.29, 0.717) is 25.9 Å². The first-order valence-corrected chi connectivity index (χ1v) is 33.1. The van der Waals surface area contributed by atoms with Gasteiger partial charge in [0.2, 0.25) is 5.91 Å². The molecular weight excluding hydrogens is 899 g/mol. The van der Waals surface area contributed by atoms with E-state index >= 15 is 0 Å². The maximum atomic E-state index is 12.4. The molecule has 0 aromatic carbocycles. The van der Waals surface area contributed by atoms with Gasteiger partial charge in [0.25, 0.3) is 0 Å². The second-order valence-electron chi connectivity index (χ2n) is 22.8. The van der Waals surface area contributed by atoms with Crippen LogP contribution in [0.3, 0.4) is 0 Å². The fourth-order valence-electron chi connectivity index (χ4n) is 10.4. The van der Waals surface area contributed by atoms with Crippen molar-refractivity contribution in [1.29, 1.82) is 0 Å². The van der Waals surface area contributed by atoms with E-state index in [0.717, 1.165) is 38.5 Å². The van der Waals surface area contributed by atoms with Crippen molar-refractivity contribution in [2.24, 2.45) is 0 Å². The number of carbonyl (C=O) groups is 2. The van der Waals surface area contributed by atoms with Crippen molar-refractivity contribution in [2.45, 2.75) is 379 Å². The van der Waals surface area contributed by atoms with Crippen molar-refractivity contribution >= 4 is 11.9 Å². The number of aliphatic hydroxyl groups excluding tert-OH is 2. The molecule has 0 spiro atoms. The van der Waals surface area contributed by atoms with E-state index in [1.54, 1.807) is 0 Å². The molecule has 0 rings (SSSR count). The quantitative estimate of drug-likeness (QED) is 0.0320. The molecule has 1 amide bonds. The van der Waals surface area contributed by atoms with Crippen molar-refractivity contribution in [3.8, 4) is 0 Å². The Morgan fingerprint density at radius 2 is 0.644 bits per heavy atom. The SMILES string of the molecule is CCCCCCCC/C=C\CCCCCCCCCCCC(=O)OCCCCCCCCCCCCCC/C=C\CCCCCCCCCCCCCCC(=O)NC(CO)C(O)CCCCCCCCCCC. The van der Waals surface area contributed by atoms with Crippen LogP contribution in [0.4, 0.5) is 0 Å². The van der Waals surface area contributed by atoms with E-state index in [4.69, 9.17) is 4.74 Å². The molecule has 0 heterocycles. The molecule has 3 N–H and O–H groups in total. The lowest BCUT2D eigenvalue weighted by atomic mass is 10.0. The van der Waals surface area contributed by atoms with Gasteiger partial charge in [-0.25, -0.2) is 0 Å². The summed E-state index contributed by atoms with van der Waals surface area (Å²) in [6.45, 7) is 4.95. The maximum Gasteiger partial charge on any atom is 0.305 e. The molecule has 0 radical (unpaired) electrons. The second kappa shape index (κ2) is 62.9. The molecular formula is C67H129NO5. The topological polar surface area (TPSA) is 95.9 Å². The first-order valence-electron chi connectivity index (χ1n) is 33.1. The van der Waals surface area contributed by atoms with Crippen LogP contribution in [0.1, 0.15) is 367 Å². The van der Waals surface area contributed by atoms with Crippen LogP contribution >= 0.6 is 0 Å². The van der Waals surface area contributed by atoms with Crippen molar-refractivity contribution in [3.05, 3.63) is 24.3 Å². The van der Waals surface area contributed by atoms with Crippen molar-refractivity contribution in [3.63, 3.8) is 0 Å². The Labute approximate surface area is 456 Å². The van der Waals surface area contributed by atoms with E-state index in [1.807, 2.05) is 0 Å². The minimum absolute atomic E-state index is 0.0158. The largest absolute Gasteiger partial charge is 0.466 e. The van der Waals surface area contributed by atoms with Gasteiger partial charge in [-0.3, -0.25) is 9.59 Å². The number of ether oxygens (including phenoxy) is 1. The summed E-state index contributed by atoms with van der Waals surface area (Å²) < 4.78 is 5.51. The third-order valence-corrected chi connectivity index (χ3v) is 15.5. The van der Waals surface area contributed by atoms with E-state index < -0.39 is 12.1 Å². The smallest absolute Gasteiger partial charge is 0.305 e. The molecule has 2 unspecified atom stereocenters. The van der Waals surface area contributed by atoms with Gasteiger partial charge in [0.1, 0.15) is 0 Å². The van der Waals surface area contributed by atoms with Gasteiger partial charge in [-0.2, -0.15) is 0 Å². The average Bonchev–Trinajstić information content (AvgIpc) is 3.39. The molecule has 0 fully saturated rings. The average molecular weight is 1030 g/mol. The normalized spacial score (nSPS) is 12.7. The molecule has 6 nitrogen and oxygen atoms in total. The fourth-order valence-corrected chi connectivity index (χ4v) is 10.4. The Morgan fingerprint density at radius 1 is 0.370 bits per heavy atom. The molecule has 0 saturated carbocycles. The highest BCUT2D eigenvalue weighted by atomic mass is 16.5. The van der Waals surface area contributed by atoms with Gasteiger partial charge in [-0.1, -0.05) is 301 Å². The van der Waals surface area contributed by atoms with E-state index in [9.17, 15) is 19.8 Å². The van der Waals surface area contributed by atoms with E-state index in [2.05, 4.69) is 43.5 Å². The molecule has 73 heavy (non-hydrogen) atoms. The minimum Gasteiger partial charge on any atom is -0.466 e. The van der Waals surface area contributed by atoms with Crippen LogP contribution in [0.5, 0.6) is 0 Å². The highest BCUT2D eigenvalue weighted by molar-refractivity contribution is 5.76. The molecule has 432 valence electrons. The number of amides is 1. The zero-order chi connectivity index (χ0) is 52.9. The number of hydrogen-bond donors (Lipinski definition) is 3. The van der Waals surface area contributed by atoms with E-state index in [1.165, 1.54) is 295 Å². The molecule has 0 aliphatic heterocycles. The standard InChI is InChI=1S/C67H129NO5/c1-3-5-7-9-11-13-14-15-16-17-28-32-35-38-41-45-49-53-57-61-67(72)73-62-58-54-50-46-42-39-36-33-30-27-25-23-21-19-18-20-22-24-26-29-31-34-37-40-44-48-52-56-60-66(71)68-64(63-69)65(70)59-55-51-47-43-12-10-8-6-4-2/h15-16,18-19,64-65,69-70H,3-14,17,20-63H2,1-2H3,(H,68,71)/b16-15-,19-18-. The minimum atomic E-state index is -0.661. The molecule has 0 saturated heterocycles. The number of unbranched alkanes of at least 4 members (excludes halogenated alkanes) is 47. The van der Waals surface area contributed by atoms with Crippen LogP contribution in [0.2, 0.25) is 0 Å². The summed E-state index contributed by atoms with van der Waals surface area (Å²) in [5.41, 5.74) is 0. The fraction of sp³-hybridized carbons (Fsp3) is 0.910. The third-order valence-electron chi connectivity index (χ3n) is 15.5. The van der Waals surface area contributed by atoms with Crippen molar-refractivity contribution in [1.82, 2.24) is 5.32 Å². The zero-order valence-corrected chi connectivity index (χ0v) is 49.4. The lowest BCUT2D eigenvalue weighted by Gasteiger charge is -2.22. The third kappa shape index (κ3) is 59.4. The molecule has 0 bridgehead atoms. The van der Waals surface area contributed by atoms with Gasteiger partial charge in [0, 0.05) is 12.8 Å². The number of allylic oxidation sites excluding steroid dienone is 4. The number of carbonyl (C=O) groups excluding carboxylic acids is 2. The summed E-state index contributed by atoms with van der Waals surface area (Å²) in [6.07, 6.45) is 78.0. The first kappa shape index (κ1) is 71.3. The molecule has 0 aliphatic carbocycles. The summed E-state index contributed by atoms with van der Waals surface area (Å²) in [5, 5.41) is 23.1. The van der Waals surface area contributed by atoms with Crippen LogP contribution in [0.25, 0.3) is 0 Å². The summed E-state index contributed by atoms with van der Waals surface area (Å²) in [6, 6.07) is -0.539. The maximum absolute atomic E-state index is 12.4. The number of rotatable bonds is 62. The lowest BCUT2D eigenvalue weighted by molar-refractivity contribution is -0.143. The van der Waals surface area contributed by atoms with Crippen LogP contribution in [-0.2, 0) is 14.3 Å². The molecule has 6 heteroatoms. The van der Waals surface area contributed by atoms with Gasteiger partial charge < -0.3 is 20.3 Å². The summed E-state index contributed by atoms with van der Waals surface area (Å²) in [4.78, 5) is 24.5. The number of nitrogens with one attached hydrogen (secondary N) is 1. The summed E-state index contributed by atoms with van der Waals surface area (Å²) in [5.74, 6) is -0.0203. The van der Waals surface area contributed by atoms with Crippen LogP contribution < -0.4 is 5.32 Å². The Hall–Kier alpha value is -1.66. The number of aliphatic hydroxyl groups is 2. The van der Waals surface area contributed by atoms with Gasteiger partial charge in [0.15, 0.2) is 0 Å². The first-order chi connectivity index (χ1) is 36.0. The van der Waals surface area contributed by atoms with Crippen LogP contribution in [-0.4, -0.2) is 47.4 Å². The second-order valence-corrected chi connectivity index (χ2v) is 22.8. The van der Waals surface area contributed by atoms with E-state index in [-0.39, 0.29) is 18.5 Å². The number of hydrogen-bond acceptors (Lipinski definition) is 5. The molecule has 0 aromatic heterocycles.